The van der Waals surface area contributed by atoms with Crippen molar-refractivity contribution in [3.8, 4) is 5.75 Å². The van der Waals surface area contributed by atoms with E-state index < -0.39 is 64.2 Å². The number of hydrogen-bond acceptors (Lipinski definition) is 10. The number of ether oxygens (including phenoxy) is 1. The molecule has 15 heteroatoms. The van der Waals surface area contributed by atoms with Gasteiger partial charge in [-0.2, -0.15) is 0 Å². The third-order valence-corrected chi connectivity index (χ3v) is 8.90. The maximum atomic E-state index is 13.8. The van der Waals surface area contributed by atoms with E-state index in [0.717, 1.165) is 22.6 Å². The van der Waals surface area contributed by atoms with Crippen LogP contribution in [0.1, 0.15) is 80.7 Å². The minimum absolute atomic E-state index is 0.00600. The molecular formula is C39H58N6O9. The minimum Gasteiger partial charge on any atom is -0.508 e. The van der Waals surface area contributed by atoms with Gasteiger partial charge in [-0.05, 0) is 64.3 Å². The molecule has 0 saturated carbocycles. The Morgan fingerprint density at radius 3 is 2.00 bits per heavy atom. The van der Waals surface area contributed by atoms with Crippen LogP contribution in [0.5, 0.6) is 5.75 Å². The van der Waals surface area contributed by atoms with Crippen molar-refractivity contribution in [2.24, 2.45) is 5.41 Å². The molecule has 1 unspecified atom stereocenters. The van der Waals surface area contributed by atoms with Crippen molar-refractivity contribution >= 4 is 41.4 Å². The minimum atomic E-state index is -1.18. The first-order chi connectivity index (χ1) is 24.9. The lowest BCUT2D eigenvalue weighted by molar-refractivity contribution is -0.158. The summed E-state index contributed by atoms with van der Waals surface area (Å²) in [5.74, 6) is -3.40. The molecule has 0 bridgehead atoms. The van der Waals surface area contributed by atoms with E-state index in [4.69, 9.17) is 4.74 Å². The monoisotopic (exact) mass is 754 g/mol. The zero-order chi connectivity index (χ0) is 41.2. The molecule has 0 spiro atoms. The lowest BCUT2D eigenvalue weighted by atomic mass is 9.76. The molecule has 0 saturated heterocycles. The quantitative estimate of drug-likeness (QED) is 0.0888. The first-order valence-electron chi connectivity index (χ1n) is 17.9. The average Bonchev–Trinajstić information content (AvgIpc) is 3.38. The second kappa shape index (κ2) is 18.8. The maximum absolute atomic E-state index is 13.8. The summed E-state index contributed by atoms with van der Waals surface area (Å²) in [7, 11) is 3.22. The summed E-state index contributed by atoms with van der Waals surface area (Å²) in [6, 6.07) is 3.76. The van der Waals surface area contributed by atoms with E-state index in [1.165, 1.54) is 17.9 Å². The second-order valence-electron chi connectivity index (χ2n) is 16.0. The topological polar surface area (TPSA) is 204 Å². The largest absolute Gasteiger partial charge is 0.508 e. The van der Waals surface area contributed by atoms with Crippen LogP contribution < -0.4 is 21.3 Å². The number of carbonyl (C=O) groups is 7. The lowest BCUT2D eigenvalue weighted by Gasteiger charge is -2.38. The third-order valence-electron chi connectivity index (χ3n) is 8.90. The Balaban J connectivity index is 2.10. The van der Waals surface area contributed by atoms with Crippen LogP contribution in [-0.2, 0) is 43.7 Å². The van der Waals surface area contributed by atoms with E-state index in [1.807, 2.05) is 34.6 Å². The summed E-state index contributed by atoms with van der Waals surface area (Å²) in [6.07, 6.45) is 3.57. The number of aromatic hydroxyl groups is 1. The molecule has 1 aliphatic rings. The molecule has 0 aliphatic carbocycles. The molecule has 54 heavy (non-hydrogen) atoms. The molecule has 3 atom stereocenters. The molecule has 0 fully saturated rings. The fourth-order valence-corrected chi connectivity index (χ4v) is 5.64. The molecule has 1 aromatic rings. The number of imide groups is 1. The smallest absolute Gasteiger partial charge is 0.329 e. The van der Waals surface area contributed by atoms with Crippen molar-refractivity contribution in [1.82, 2.24) is 31.1 Å². The number of esters is 1. The SMILES string of the molecule is CN[C@H](C(=O)NC(C(=O)N(C)C/C=C(\C)C(=O)N[C@H](CCC(=O)NCCN1C(=O)C=CC1=O)C(=O)OC(C)(C)C)C(C)(C)C)C(C)(C)c1ccc(O)cc1. The van der Waals surface area contributed by atoms with E-state index in [9.17, 15) is 38.7 Å². The van der Waals surface area contributed by atoms with Crippen molar-refractivity contribution in [3.63, 3.8) is 0 Å². The Kier molecular flexibility index (Phi) is 15.7. The van der Waals surface area contributed by atoms with Gasteiger partial charge >= 0.3 is 5.97 Å². The summed E-state index contributed by atoms with van der Waals surface area (Å²) < 4.78 is 5.48. The number of benzene rings is 1. The number of rotatable bonds is 17. The molecule has 298 valence electrons. The van der Waals surface area contributed by atoms with Crippen molar-refractivity contribution in [2.75, 3.05) is 33.7 Å². The number of nitrogens with zero attached hydrogens (tertiary/aromatic N) is 2. The number of likely N-dealkylation sites (N-methyl/N-ethyl adjacent to an activating group) is 2. The first-order valence-corrected chi connectivity index (χ1v) is 17.9. The molecular weight excluding hydrogens is 696 g/mol. The predicted molar refractivity (Wildman–Crippen MR) is 203 cm³/mol. The highest BCUT2D eigenvalue weighted by molar-refractivity contribution is 6.12. The molecule has 2 rings (SSSR count). The van der Waals surface area contributed by atoms with Gasteiger partial charge in [-0.15, -0.1) is 0 Å². The van der Waals surface area contributed by atoms with Gasteiger partial charge in [0.1, 0.15) is 23.4 Å². The van der Waals surface area contributed by atoms with Gasteiger partial charge in [0.2, 0.25) is 23.6 Å². The van der Waals surface area contributed by atoms with Gasteiger partial charge < -0.3 is 36.0 Å². The molecule has 0 aromatic heterocycles. The zero-order valence-corrected chi connectivity index (χ0v) is 33.4. The van der Waals surface area contributed by atoms with E-state index in [-0.39, 0.29) is 55.6 Å². The Hall–Kier alpha value is -5.05. The van der Waals surface area contributed by atoms with Gasteiger partial charge in [0.25, 0.3) is 11.8 Å². The van der Waals surface area contributed by atoms with E-state index in [0.29, 0.717) is 0 Å². The first kappa shape index (κ1) is 45.1. The summed E-state index contributed by atoms with van der Waals surface area (Å²) in [5.41, 5.74) is -1.27. The van der Waals surface area contributed by atoms with Gasteiger partial charge in [-0.25, -0.2) is 4.79 Å². The number of phenols is 1. The van der Waals surface area contributed by atoms with Crippen LogP contribution in [0.25, 0.3) is 0 Å². The molecule has 15 nitrogen and oxygen atoms in total. The predicted octanol–water partition coefficient (Wildman–Crippen LogP) is 1.84. The lowest BCUT2D eigenvalue weighted by Crippen LogP contribution is -2.60. The van der Waals surface area contributed by atoms with Crippen molar-refractivity contribution in [2.45, 2.75) is 104 Å². The van der Waals surface area contributed by atoms with E-state index >= 15 is 0 Å². The van der Waals surface area contributed by atoms with Gasteiger partial charge in [0, 0.05) is 56.2 Å². The van der Waals surface area contributed by atoms with E-state index in [1.54, 1.807) is 59.1 Å². The molecule has 1 aromatic carbocycles. The summed E-state index contributed by atoms with van der Waals surface area (Å²) >= 11 is 0. The maximum Gasteiger partial charge on any atom is 0.329 e. The summed E-state index contributed by atoms with van der Waals surface area (Å²) in [6.45, 7) is 15.8. The highest BCUT2D eigenvalue weighted by atomic mass is 16.6. The van der Waals surface area contributed by atoms with Gasteiger partial charge in [-0.1, -0.05) is 52.8 Å². The standard InChI is InChI=1S/C39H58N6O9/c1-24(33(50)42-27(36(53)54-38(5,6)7)16-17-28(47)41-21-23-45-29(48)18-19-30(45)49)20-22-44(11)35(52)32(37(2,3)4)43-34(51)31(40-10)39(8,9)25-12-14-26(46)15-13-25/h12-15,18-20,27,31-32,40,46H,16-17,21-23H2,1-11H3,(H,41,47)(H,42,50)(H,43,51)/b24-20+/t27-,31-,32?/m1/s1. The number of hydrogen-bond donors (Lipinski definition) is 5. The van der Waals surface area contributed by atoms with Gasteiger partial charge in [0.05, 0.1) is 6.04 Å². The Bertz CT molecular complexity index is 1600. The van der Waals surface area contributed by atoms with E-state index in [2.05, 4.69) is 21.3 Å². The molecule has 5 N–H and O–H groups in total. The number of nitrogens with one attached hydrogen (secondary N) is 4. The number of phenolic OH excluding ortho intramolecular Hbond substituents is 1. The van der Waals surface area contributed by atoms with Crippen LogP contribution in [0.3, 0.4) is 0 Å². The number of carbonyl (C=O) groups excluding carboxylic acids is 7. The summed E-state index contributed by atoms with van der Waals surface area (Å²) in [5, 5.41) is 21.0. The van der Waals surface area contributed by atoms with Crippen LogP contribution >= 0.6 is 0 Å². The van der Waals surface area contributed by atoms with Crippen LogP contribution in [0.4, 0.5) is 0 Å². The molecule has 0 radical (unpaired) electrons. The Morgan fingerprint density at radius 1 is 0.907 bits per heavy atom. The molecule has 1 heterocycles. The second-order valence-corrected chi connectivity index (χ2v) is 16.0. The van der Waals surface area contributed by atoms with Gasteiger partial charge in [0.15, 0.2) is 0 Å². The normalized spacial score (nSPS) is 15.3. The Labute approximate surface area is 318 Å². The fourth-order valence-electron chi connectivity index (χ4n) is 5.64. The van der Waals surface area contributed by atoms with Crippen LogP contribution in [0, 0.1) is 5.41 Å². The average molecular weight is 755 g/mol. The zero-order valence-electron chi connectivity index (χ0n) is 33.4. The highest BCUT2D eigenvalue weighted by Crippen LogP contribution is 2.30. The molecule has 6 amide bonds. The van der Waals surface area contributed by atoms with Crippen LogP contribution in [-0.4, -0.2) is 114 Å². The van der Waals surface area contributed by atoms with Gasteiger partial charge in [-0.3, -0.25) is 33.7 Å². The highest BCUT2D eigenvalue weighted by Gasteiger charge is 2.41. The molecule has 1 aliphatic heterocycles. The van der Waals surface area contributed by atoms with Crippen molar-refractivity contribution in [1.29, 1.82) is 0 Å². The fraction of sp³-hybridized carbons (Fsp3) is 0.564. The number of amides is 6. The summed E-state index contributed by atoms with van der Waals surface area (Å²) in [4.78, 5) is 92.2. The van der Waals surface area contributed by atoms with Crippen LogP contribution in [0.2, 0.25) is 0 Å². The Morgan fingerprint density at radius 2 is 1.48 bits per heavy atom. The van der Waals surface area contributed by atoms with Crippen molar-refractivity contribution < 1.29 is 43.4 Å². The third kappa shape index (κ3) is 13.1. The van der Waals surface area contributed by atoms with Crippen molar-refractivity contribution in [3.05, 3.63) is 53.6 Å². The van der Waals surface area contributed by atoms with Crippen LogP contribution in [0.15, 0.2) is 48.1 Å².